The van der Waals surface area contributed by atoms with Crippen molar-refractivity contribution < 1.29 is 19.4 Å². The predicted octanol–water partition coefficient (Wildman–Crippen LogP) is 3.47. The van der Waals surface area contributed by atoms with Crippen molar-refractivity contribution in [2.45, 2.75) is 38.8 Å². The third-order valence-electron chi connectivity index (χ3n) is 4.08. The molecule has 0 bridgehead atoms. The SMILES string of the molecule is CC(Oc1cccc(Cl)c1Cl)C(=O)N1CC(C(=O)O)CCC1C. The number of likely N-dealkylation sites (tertiary alicyclic amines) is 1. The van der Waals surface area contributed by atoms with Gasteiger partial charge in [-0.25, -0.2) is 0 Å². The first kappa shape index (κ1) is 17.9. The zero-order valence-corrected chi connectivity index (χ0v) is 14.5. The Bertz CT molecular complexity index is 608. The molecule has 0 spiro atoms. The summed E-state index contributed by atoms with van der Waals surface area (Å²) in [6.07, 6.45) is 0.462. The van der Waals surface area contributed by atoms with Crippen LogP contribution in [-0.2, 0) is 9.59 Å². The van der Waals surface area contributed by atoms with Crippen LogP contribution in [0.4, 0.5) is 0 Å². The zero-order valence-electron chi connectivity index (χ0n) is 13.0. The van der Waals surface area contributed by atoms with Crippen molar-refractivity contribution in [2.24, 2.45) is 5.92 Å². The van der Waals surface area contributed by atoms with Gasteiger partial charge in [-0.1, -0.05) is 29.3 Å². The van der Waals surface area contributed by atoms with Crippen LogP contribution in [0.5, 0.6) is 5.75 Å². The summed E-state index contributed by atoms with van der Waals surface area (Å²) in [5, 5.41) is 9.77. The Balaban J connectivity index is 2.09. The molecule has 0 radical (unpaired) electrons. The van der Waals surface area contributed by atoms with Crippen molar-refractivity contribution >= 4 is 35.1 Å². The zero-order chi connectivity index (χ0) is 17.1. The van der Waals surface area contributed by atoms with Crippen molar-refractivity contribution in [1.29, 1.82) is 0 Å². The smallest absolute Gasteiger partial charge is 0.308 e. The fourth-order valence-electron chi connectivity index (χ4n) is 2.67. The maximum Gasteiger partial charge on any atom is 0.308 e. The van der Waals surface area contributed by atoms with Gasteiger partial charge in [-0.05, 0) is 38.8 Å². The van der Waals surface area contributed by atoms with Crippen molar-refractivity contribution in [3.63, 3.8) is 0 Å². The second kappa shape index (κ2) is 7.41. The normalized spacial score (nSPS) is 22.5. The van der Waals surface area contributed by atoms with Gasteiger partial charge in [0.15, 0.2) is 6.10 Å². The number of aliphatic carboxylic acids is 1. The van der Waals surface area contributed by atoms with Gasteiger partial charge in [0, 0.05) is 12.6 Å². The highest BCUT2D eigenvalue weighted by molar-refractivity contribution is 6.42. The van der Waals surface area contributed by atoms with E-state index in [1.165, 1.54) is 0 Å². The van der Waals surface area contributed by atoms with Gasteiger partial charge in [-0.3, -0.25) is 9.59 Å². The number of carboxylic acid groups (broad SMARTS) is 1. The van der Waals surface area contributed by atoms with Gasteiger partial charge in [0.2, 0.25) is 0 Å². The van der Waals surface area contributed by atoms with Crippen LogP contribution in [0.25, 0.3) is 0 Å². The van der Waals surface area contributed by atoms with E-state index in [4.69, 9.17) is 33.0 Å². The Labute approximate surface area is 145 Å². The third-order valence-corrected chi connectivity index (χ3v) is 4.88. The minimum Gasteiger partial charge on any atom is -0.481 e. The molecule has 3 atom stereocenters. The molecule has 1 amide bonds. The lowest BCUT2D eigenvalue weighted by Crippen LogP contribution is -2.51. The summed E-state index contributed by atoms with van der Waals surface area (Å²) in [4.78, 5) is 25.4. The van der Waals surface area contributed by atoms with Gasteiger partial charge in [-0.2, -0.15) is 0 Å². The van der Waals surface area contributed by atoms with Gasteiger partial charge in [-0.15, -0.1) is 0 Å². The third kappa shape index (κ3) is 4.09. The van der Waals surface area contributed by atoms with Crippen LogP contribution < -0.4 is 4.74 Å². The highest BCUT2D eigenvalue weighted by Crippen LogP contribution is 2.32. The van der Waals surface area contributed by atoms with E-state index in [-0.39, 0.29) is 23.5 Å². The average molecular weight is 360 g/mol. The minimum atomic E-state index is -0.874. The van der Waals surface area contributed by atoms with Crippen LogP contribution in [0.1, 0.15) is 26.7 Å². The molecule has 1 aliphatic rings. The number of hydrogen-bond acceptors (Lipinski definition) is 3. The lowest BCUT2D eigenvalue weighted by atomic mass is 9.93. The first-order valence-electron chi connectivity index (χ1n) is 7.45. The summed E-state index contributed by atoms with van der Waals surface area (Å²) in [5.74, 6) is -1.32. The summed E-state index contributed by atoms with van der Waals surface area (Å²) in [6.45, 7) is 3.73. The molecule has 0 aromatic heterocycles. The van der Waals surface area contributed by atoms with Crippen molar-refractivity contribution in [2.75, 3.05) is 6.54 Å². The quantitative estimate of drug-likeness (QED) is 0.893. The van der Waals surface area contributed by atoms with E-state index < -0.39 is 18.0 Å². The van der Waals surface area contributed by atoms with Crippen LogP contribution in [0.2, 0.25) is 10.0 Å². The van der Waals surface area contributed by atoms with Crippen molar-refractivity contribution in [3.05, 3.63) is 28.2 Å². The van der Waals surface area contributed by atoms with Crippen LogP contribution >= 0.6 is 23.2 Å². The van der Waals surface area contributed by atoms with E-state index in [0.717, 1.165) is 0 Å². The number of rotatable bonds is 4. The summed E-state index contributed by atoms with van der Waals surface area (Å²) < 4.78 is 5.63. The van der Waals surface area contributed by atoms with E-state index in [2.05, 4.69) is 0 Å². The Kier molecular flexibility index (Phi) is 5.76. The number of nitrogens with zero attached hydrogens (tertiary/aromatic N) is 1. The molecule has 1 aliphatic heterocycles. The highest BCUT2D eigenvalue weighted by atomic mass is 35.5. The van der Waals surface area contributed by atoms with Crippen LogP contribution in [0.15, 0.2) is 18.2 Å². The molecule has 1 aromatic carbocycles. The Morgan fingerprint density at radius 2 is 2.04 bits per heavy atom. The number of carbonyl (C=O) groups excluding carboxylic acids is 1. The number of hydrogen-bond donors (Lipinski definition) is 1. The van der Waals surface area contributed by atoms with Gasteiger partial charge in [0.1, 0.15) is 10.8 Å². The van der Waals surface area contributed by atoms with E-state index in [0.29, 0.717) is 23.6 Å². The average Bonchev–Trinajstić information content (AvgIpc) is 2.51. The highest BCUT2D eigenvalue weighted by Gasteiger charge is 2.35. The molecule has 126 valence electrons. The van der Waals surface area contributed by atoms with E-state index in [1.54, 1.807) is 30.0 Å². The van der Waals surface area contributed by atoms with Gasteiger partial charge < -0.3 is 14.7 Å². The number of halogens is 2. The molecule has 1 N–H and O–H groups in total. The largest absolute Gasteiger partial charge is 0.481 e. The topological polar surface area (TPSA) is 66.8 Å². The Morgan fingerprint density at radius 1 is 1.35 bits per heavy atom. The van der Waals surface area contributed by atoms with E-state index in [9.17, 15) is 9.59 Å². The van der Waals surface area contributed by atoms with Gasteiger partial charge in [0.05, 0.1) is 10.9 Å². The fourth-order valence-corrected chi connectivity index (χ4v) is 3.00. The minimum absolute atomic E-state index is 0.0148. The number of piperidine rings is 1. The second-order valence-electron chi connectivity index (χ2n) is 5.76. The van der Waals surface area contributed by atoms with Crippen LogP contribution in [0, 0.1) is 5.92 Å². The summed E-state index contributed by atoms with van der Waals surface area (Å²) >= 11 is 12.0. The number of ether oxygens (including phenoxy) is 1. The molecular formula is C16H19Cl2NO4. The number of benzene rings is 1. The second-order valence-corrected chi connectivity index (χ2v) is 6.55. The Hall–Kier alpha value is -1.46. The standard InChI is InChI=1S/C16H19Cl2NO4/c1-9-6-7-11(16(21)22)8-19(9)15(20)10(2)23-13-5-3-4-12(17)14(13)18/h3-5,9-11H,6-8H2,1-2H3,(H,21,22). The molecule has 0 aliphatic carbocycles. The number of carboxylic acids is 1. The molecule has 5 nitrogen and oxygen atoms in total. The summed E-state index contributed by atoms with van der Waals surface area (Å²) in [6, 6.07) is 4.94. The monoisotopic (exact) mass is 359 g/mol. The number of carbonyl (C=O) groups is 2. The Morgan fingerprint density at radius 3 is 2.70 bits per heavy atom. The maximum absolute atomic E-state index is 12.6. The number of amides is 1. The van der Waals surface area contributed by atoms with Gasteiger partial charge >= 0.3 is 5.97 Å². The first-order valence-corrected chi connectivity index (χ1v) is 8.20. The maximum atomic E-state index is 12.6. The molecule has 0 saturated carbocycles. The summed E-state index contributed by atoms with van der Waals surface area (Å²) in [5.41, 5.74) is 0. The van der Waals surface area contributed by atoms with E-state index in [1.807, 2.05) is 6.92 Å². The molecule has 7 heteroatoms. The molecule has 3 unspecified atom stereocenters. The predicted molar refractivity (Wildman–Crippen MR) is 88.1 cm³/mol. The van der Waals surface area contributed by atoms with Crippen molar-refractivity contribution in [1.82, 2.24) is 4.90 Å². The van der Waals surface area contributed by atoms with E-state index >= 15 is 0 Å². The molecular weight excluding hydrogens is 341 g/mol. The van der Waals surface area contributed by atoms with Crippen LogP contribution in [-0.4, -0.2) is 40.6 Å². The molecule has 2 rings (SSSR count). The van der Waals surface area contributed by atoms with Crippen molar-refractivity contribution in [3.8, 4) is 5.75 Å². The first-order chi connectivity index (χ1) is 10.8. The molecule has 23 heavy (non-hydrogen) atoms. The van der Waals surface area contributed by atoms with Crippen LogP contribution in [0.3, 0.4) is 0 Å². The summed E-state index contributed by atoms with van der Waals surface area (Å²) in [7, 11) is 0. The lowest BCUT2D eigenvalue weighted by molar-refractivity contribution is -0.149. The molecule has 1 heterocycles. The fraction of sp³-hybridized carbons (Fsp3) is 0.500. The van der Waals surface area contributed by atoms with Gasteiger partial charge in [0.25, 0.3) is 5.91 Å². The molecule has 1 aromatic rings. The lowest BCUT2D eigenvalue weighted by Gasteiger charge is -2.37. The molecule has 1 saturated heterocycles. The molecule has 1 fully saturated rings.